The van der Waals surface area contributed by atoms with E-state index >= 15 is 0 Å². The van der Waals surface area contributed by atoms with E-state index in [4.69, 9.17) is 10.5 Å². The summed E-state index contributed by atoms with van der Waals surface area (Å²) in [5.41, 5.74) is 8.02. The maximum atomic E-state index is 5.94. The highest BCUT2D eigenvalue weighted by Crippen LogP contribution is 2.17. The molecule has 0 bridgehead atoms. The number of hydrogen-bond acceptors (Lipinski definition) is 5. The molecule has 0 amide bonds. The van der Waals surface area contributed by atoms with Crippen LogP contribution in [0.25, 0.3) is 0 Å². The second kappa shape index (κ2) is 11.7. The molecule has 0 aliphatic carbocycles. The first-order valence-corrected chi connectivity index (χ1v) is 10.5. The highest BCUT2D eigenvalue weighted by molar-refractivity contribution is 8.13. The lowest BCUT2D eigenvalue weighted by atomic mass is 10.2. The van der Waals surface area contributed by atoms with Gasteiger partial charge < -0.3 is 15.0 Å². The lowest BCUT2D eigenvalue weighted by Gasteiger charge is -2.08. The van der Waals surface area contributed by atoms with Crippen LogP contribution in [0.1, 0.15) is 24.0 Å². The van der Waals surface area contributed by atoms with Crippen molar-refractivity contribution in [3.63, 3.8) is 0 Å². The van der Waals surface area contributed by atoms with Gasteiger partial charge in [-0.2, -0.15) is 5.10 Å². The van der Waals surface area contributed by atoms with Crippen molar-refractivity contribution >= 4 is 23.1 Å². The molecule has 3 rings (SSSR count). The number of ether oxygens (including phenoxy) is 1. The maximum Gasteiger partial charge on any atom is 0.180 e. The zero-order valence-electron chi connectivity index (χ0n) is 16.2. The number of aromatic nitrogens is 2. The predicted octanol–water partition coefficient (Wildman–Crippen LogP) is 4.32. The number of aryl methyl sites for hydroxylation is 1. The first-order chi connectivity index (χ1) is 14.3. The zero-order valence-corrected chi connectivity index (χ0v) is 17.0. The molecule has 1 heterocycles. The van der Waals surface area contributed by atoms with E-state index in [0.717, 1.165) is 36.5 Å². The summed E-state index contributed by atoms with van der Waals surface area (Å²) < 4.78 is 7.99. The van der Waals surface area contributed by atoms with Crippen molar-refractivity contribution in [2.45, 2.75) is 25.1 Å². The van der Waals surface area contributed by atoms with Crippen LogP contribution in [-0.2, 0) is 12.3 Å². The first-order valence-electron chi connectivity index (χ1n) is 9.52. The van der Waals surface area contributed by atoms with Gasteiger partial charge in [0.2, 0.25) is 0 Å². The second-order valence-electron chi connectivity index (χ2n) is 6.35. The van der Waals surface area contributed by atoms with Crippen molar-refractivity contribution in [2.75, 3.05) is 6.61 Å². The third-order valence-electron chi connectivity index (χ3n) is 4.13. The van der Waals surface area contributed by atoms with Gasteiger partial charge in [0, 0.05) is 30.3 Å². The Bertz CT molecular complexity index is 910. The Hall–Kier alpha value is -3.06. The van der Waals surface area contributed by atoms with Gasteiger partial charge in [-0.1, -0.05) is 54.2 Å². The Labute approximate surface area is 175 Å². The molecule has 3 aromatic rings. The molecule has 29 heavy (non-hydrogen) atoms. The van der Waals surface area contributed by atoms with Crippen LogP contribution in [0, 0.1) is 0 Å². The first kappa shape index (κ1) is 20.7. The molecule has 0 fully saturated rings. The average molecular weight is 408 g/mol. The van der Waals surface area contributed by atoms with Crippen LogP contribution >= 0.6 is 11.8 Å². The molecule has 0 radical (unpaired) electrons. The van der Waals surface area contributed by atoms with Crippen LogP contribution in [0.4, 0.5) is 0 Å². The Morgan fingerprint density at radius 3 is 2.76 bits per heavy atom. The monoisotopic (exact) mass is 407 g/mol. The van der Waals surface area contributed by atoms with Crippen LogP contribution in [0.3, 0.4) is 0 Å². The van der Waals surface area contributed by atoms with Gasteiger partial charge in [0.25, 0.3) is 0 Å². The van der Waals surface area contributed by atoms with Gasteiger partial charge in [-0.15, -0.1) is 5.10 Å². The van der Waals surface area contributed by atoms with Crippen molar-refractivity contribution in [3.05, 3.63) is 84.4 Å². The Morgan fingerprint density at radius 1 is 1.10 bits per heavy atom. The van der Waals surface area contributed by atoms with Crippen molar-refractivity contribution < 1.29 is 4.74 Å². The number of amidine groups is 1. The fourth-order valence-electron chi connectivity index (χ4n) is 2.62. The number of nitrogens with two attached hydrogens (primary N) is 1. The summed E-state index contributed by atoms with van der Waals surface area (Å²) in [4.78, 5) is 4.04. The average Bonchev–Trinajstić information content (AvgIpc) is 3.27. The third-order valence-corrected chi connectivity index (χ3v) is 4.98. The minimum absolute atomic E-state index is 0.433. The smallest absolute Gasteiger partial charge is 0.180 e. The van der Waals surface area contributed by atoms with E-state index in [0.29, 0.717) is 11.8 Å². The van der Waals surface area contributed by atoms with Crippen molar-refractivity contribution in [2.24, 2.45) is 15.9 Å². The number of hydrogen-bond donors (Lipinski definition) is 1. The highest BCUT2D eigenvalue weighted by atomic mass is 32.2. The van der Waals surface area contributed by atoms with E-state index in [1.54, 1.807) is 12.4 Å². The Morgan fingerprint density at radius 2 is 1.93 bits per heavy atom. The molecule has 0 atom stereocenters. The van der Waals surface area contributed by atoms with Gasteiger partial charge in [-0.05, 0) is 30.5 Å². The van der Waals surface area contributed by atoms with Gasteiger partial charge in [-0.25, -0.2) is 4.98 Å². The third kappa shape index (κ3) is 7.46. The molecule has 2 aromatic carbocycles. The van der Waals surface area contributed by atoms with Crippen LogP contribution in [-0.4, -0.2) is 27.5 Å². The molecule has 7 heteroatoms. The summed E-state index contributed by atoms with van der Waals surface area (Å²) in [6.45, 7) is 1.60. The summed E-state index contributed by atoms with van der Waals surface area (Å²) in [5.74, 6) is 1.56. The molecule has 0 unspecified atom stereocenters. The van der Waals surface area contributed by atoms with E-state index < -0.39 is 0 Å². The van der Waals surface area contributed by atoms with Crippen LogP contribution in [0.2, 0.25) is 0 Å². The molecule has 150 valence electrons. The largest absolute Gasteiger partial charge is 0.493 e. The minimum atomic E-state index is 0.433. The number of unbranched alkanes of at least 4 members (excludes halogenated alkanes) is 1. The molecule has 0 aliphatic rings. The zero-order chi connectivity index (χ0) is 20.2. The summed E-state index contributed by atoms with van der Waals surface area (Å²) in [7, 11) is 0. The minimum Gasteiger partial charge on any atom is -0.493 e. The van der Waals surface area contributed by atoms with E-state index in [2.05, 4.69) is 31.9 Å². The molecule has 0 saturated heterocycles. The van der Waals surface area contributed by atoms with Crippen LogP contribution < -0.4 is 10.5 Å². The van der Waals surface area contributed by atoms with Crippen molar-refractivity contribution in [3.8, 4) is 5.75 Å². The predicted molar refractivity (Wildman–Crippen MR) is 120 cm³/mol. The van der Waals surface area contributed by atoms with Crippen molar-refractivity contribution in [1.82, 2.24) is 9.55 Å². The number of para-hydroxylation sites is 1. The van der Waals surface area contributed by atoms with Gasteiger partial charge in [0.15, 0.2) is 5.17 Å². The highest BCUT2D eigenvalue weighted by Gasteiger charge is 2.01. The Balaban J connectivity index is 1.44. The lowest BCUT2D eigenvalue weighted by molar-refractivity contribution is 0.303. The van der Waals surface area contributed by atoms with Crippen LogP contribution in [0.15, 0.2) is 83.5 Å². The van der Waals surface area contributed by atoms with Gasteiger partial charge >= 0.3 is 0 Å². The SMILES string of the molecule is NC(=NN=Cc1ccccc1OCCCCn1ccnc1)SCc1ccccc1. The number of rotatable bonds is 10. The Kier molecular flexibility index (Phi) is 8.34. The quantitative estimate of drug-likeness (QED) is 0.235. The summed E-state index contributed by atoms with van der Waals surface area (Å²) in [6.07, 6.45) is 9.27. The van der Waals surface area contributed by atoms with E-state index in [1.165, 1.54) is 17.3 Å². The second-order valence-corrected chi connectivity index (χ2v) is 7.35. The summed E-state index contributed by atoms with van der Waals surface area (Å²) in [5, 5.41) is 8.63. The van der Waals surface area contributed by atoms with E-state index in [1.807, 2.05) is 55.0 Å². The molecule has 1 aromatic heterocycles. The fraction of sp³-hybridized carbons (Fsp3) is 0.227. The molecule has 2 N–H and O–H groups in total. The normalized spacial score (nSPS) is 11.8. The van der Waals surface area contributed by atoms with Gasteiger partial charge in [0.05, 0.1) is 19.1 Å². The maximum absolute atomic E-state index is 5.94. The molecule has 0 aliphatic heterocycles. The standard InChI is InChI=1S/C22H25N5OS/c23-22(29-17-19-8-2-1-3-9-19)26-25-16-20-10-4-5-11-21(20)28-15-7-6-13-27-14-12-24-18-27/h1-5,8-12,14,16,18H,6-7,13,15,17H2,(H2,23,26). The van der Waals surface area contributed by atoms with Crippen LogP contribution in [0.5, 0.6) is 5.75 Å². The number of imidazole rings is 1. The van der Waals surface area contributed by atoms with Gasteiger partial charge in [0.1, 0.15) is 5.75 Å². The van der Waals surface area contributed by atoms with Crippen molar-refractivity contribution in [1.29, 1.82) is 0 Å². The summed E-state index contributed by atoms with van der Waals surface area (Å²) in [6, 6.07) is 17.9. The number of thioether (sulfide) groups is 1. The number of benzene rings is 2. The van der Waals surface area contributed by atoms with Gasteiger partial charge in [-0.3, -0.25) is 0 Å². The molecule has 0 spiro atoms. The topological polar surface area (TPSA) is 77.8 Å². The van der Waals surface area contributed by atoms with E-state index in [9.17, 15) is 0 Å². The fourth-order valence-corrected chi connectivity index (χ4v) is 3.24. The molecule has 0 saturated carbocycles. The molecule has 6 nitrogen and oxygen atoms in total. The van der Waals surface area contributed by atoms with E-state index in [-0.39, 0.29) is 0 Å². The molecular weight excluding hydrogens is 382 g/mol. The number of nitrogens with zero attached hydrogens (tertiary/aromatic N) is 4. The summed E-state index contributed by atoms with van der Waals surface area (Å²) >= 11 is 1.46. The lowest BCUT2D eigenvalue weighted by Crippen LogP contribution is -2.06. The molecular formula is C22H25N5OS.